The second-order valence-electron chi connectivity index (χ2n) is 9.76. The molecule has 2 aliphatic heterocycles. The normalized spacial score (nSPS) is 20.4. The third kappa shape index (κ3) is 7.53. The molecule has 2 heterocycles. The SMILES string of the molecule is O=C(CC1(COc2ccc(Cl)cc2)CCCN(C(=O)c2ccc(OC(F)(F)F)cc2)C1)N1CCCCC1. The minimum Gasteiger partial charge on any atom is -0.493 e. The van der Waals surface area contributed by atoms with Gasteiger partial charge in [-0.05, 0) is 80.6 Å². The van der Waals surface area contributed by atoms with Crippen LogP contribution < -0.4 is 9.47 Å². The molecule has 1 atom stereocenters. The average Bonchev–Trinajstić information content (AvgIpc) is 2.88. The molecular weight excluding hydrogens is 509 g/mol. The zero-order chi connectivity index (χ0) is 26.5. The second-order valence-corrected chi connectivity index (χ2v) is 10.2. The Hall–Kier alpha value is -2.94. The van der Waals surface area contributed by atoms with Crippen molar-refractivity contribution in [2.24, 2.45) is 5.41 Å². The Morgan fingerprint density at radius 3 is 2.14 bits per heavy atom. The van der Waals surface area contributed by atoms with Crippen LogP contribution in [0.2, 0.25) is 5.02 Å². The summed E-state index contributed by atoms with van der Waals surface area (Å²) in [5.74, 6) is -0.0136. The molecule has 2 fully saturated rings. The number of rotatable bonds is 7. The van der Waals surface area contributed by atoms with Gasteiger partial charge in [0, 0.05) is 48.6 Å². The molecule has 10 heteroatoms. The van der Waals surface area contributed by atoms with E-state index in [1.54, 1.807) is 29.2 Å². The number of hydrogen-bond acceptors (Lipinski definition) is 4. The van der Waals surface area contributed by atoms with Gasteiger partial charge in [-0.15, -0.1) is 13.2 Å². The Balaban J connectivity index is 1.50. The predicted octanol–water partition coefficient (Wildman–Crippen LogP) is 5.94. The van der Waals surface area contributed by atoms with E-state index < -0.39 is 11.8 Å². The molecule has 4 rings (SSSR count). The van der Waals surface area contributed by atoms with Crippen molar-refractivity contribution in [2.45, 2.75) is 44.9 Å². The van der Waals surface area contributed by atoms with Gasteiger partial charge in [-0.1, -0.05) is 11.6 Å². The molecule has 1 unspecified atom stereocenters. The summed E-state index contributed by atoms with van der Waals surface area (Å²) in [6, 6.07) is 11.9. The van der Waals surface area contributed by atoms with Crippen LogP contribution in [0.1, 0.15) is 48.9 Å². The highest BCUT2D eigenvalue weighted by molar-refractivity contribution is 6.30. The lowest BCUT2D eigenvalue weighted by Gasteiger charge is -2.43. The van der Waals surface area contributed by atoms with Gasteiger partial charge in [0.2, 0.25) is 5.91 Å². The fourth-order valence-electron chi connectivity index (χ4n) is 5.02. The Morgan fingerprint density at radius 2 is 1.49 bits per heavy atom. The van der Waals surface area contributed by atoms with Gasteiger partial charge in [-0.25, -0.2) is 0 Å². The number of hydrogen-bond donors (Lipinski definition) is 0. The molecule has 2 aromatic carbocycles. The maximum atomic E-state index is 13.3. The second kappa shape index (κ2) is 11.6. The number of halogens is 4. The molecule has 200 valence electrons. The number of nitrogens with zero attached hydrogens (tertiary/aromatic N) is 2. The van der Waals surface area contributed by atoms with Gasteiger partial charge in [-0.2, -0.15) is 0 Å². The monoisotopic (exact) mass is 538 g/mol. The Bertz CT molecular complexity index is 1070. The standard InChI is InChI=1S/C27H30ClF3N2O4/c28-21-7-11-22(12-8-21)36-19-26(17-24(34)32-14-2-1-3-15-32)13-4-16-33(18-26)25(35)20-5-9-23(10-6-20)37-27(29,30)31/h5-12H,1-4,13-19H2. The van der Waals surface area contributed by atoms with Gasteiger partial charge in [0.25, 0.3) is 5.91 Å². The van der Waals surface area contributed by atoms with Crippen LogP contribution in [0.5, 0.6) is 11.5 Å². The van der Waals surface area contributed by atoms with Crippen molar-refractivity contribution >= 4 is 23.4 Å². The van der Waals surface area contributed by atoms with E-state index in [0.29, 0.717) is 36.7 Å². The lowest BCUT2D eigenvalue weighted by Crippen LogP contribution is -2.51. The average molecular weight is 539 g/mol. The van der Waals surface area contributed by atoms with Crippen molar-refractivity contribution in [2.75, 3.05) is 32.8 Å². The Labute approximate surface area is 219 Å². The molecule has 0 radical (unpaired) electrons. The molecule has 2 aliphatic rings. The fraction of sp³-hybridized carbons (Fsp3) is 0.481. The topological polar surface area (TPSA) is 59.1 Å². The summed E-state index contributed by atoms with van der Waals surface area (Å²) in [7, 11) is 0. The lowest BCUT2D eigenvalue weighted by atomic mass is 9.77. The quantitative estimate of drug-likeness (QED) is 0.437. The molecule has 6 nitrogen and oxygen atoms in total. The third-order valence-corrected chi connectivity index (χ3v) is 7.13. The third-order valence-electron chi connectivity index (χ3n) is 6.88. The van der Waals surface area contributed by atoms with Crippen LogP contribution in [-0.2, 0) is 4.79 Å². The van der Waals surface area contributed by atoms with Crippen LogP contribution in [0.15, 0.2) is 48.5 Å². The summed E-state index contributed by atoms with van der Waals surface area (Å²) < 4.78 is 47.5. The van der Waals surface area contributed by atoms with E-state index in [1.165, 1.54) is 12.1 Å². The molecule has 0 spiro atoms. The largest absolute Gasteiger partial charge is 0.573 e. The van der Waals surface area contributed by atoms with Gasteiger partial charge in [0.15, 0.2) is 0 Å². The molecule has 0 saturated carbocycles. The molecule has 37 heavy (non-hydrogen) atoms. The number of carbonyl (C=O) groups is 2. The van der Waals surface area contributed by atoms with E-state index in [0.717, 1.165) is 44.5 Å². The molecule has 2 saturated heterocycles. The first-order valence-electron chi connectivity index (χ1n) is 12.4. The molecule has 0 N–H and O–H groups in total. The highest BCUT2D eigenvalue weighted by Crippen LogP contribution is 2.36. The van der Waals surface area contributed by atoms with E-state index in [4.69, 9.17) is 16.3 Å². The van der Waals surface area contributed by atoms with E-state index in [1.807, 2.05) is 4.90 Å². The molecule has 2 amide bonds. The van der Waals surface area contributed by atoms with Crippen molar-refractivity contribution in [1.82, 2.24) is 9.80 Å². The lowest BCUT2D eigenvalue weighted by molar-refractivity contribution is -0.274. The van der Waals surface area contributed by atoms with Crippen LogP contribution in [0.4, 0.5) is 13.2 Å². The van der Waals surface area contributed by atoms with Crippen molar-refractivity contribution in [3.05, 3.63) is 59.1 Å². The van der Waals surface area contributed by atoms with Gasteiger partial charge in [0.1, 0.15) is 11.5 Å². The van der Waals surface area contributed by atoms with E-state index in [9.17, 15) is 22.8 Å². The van der Waals surface area contributed by atoms with Gasteiger partial charge >= 0.3 is 6.36 Å². The van der Waals surface area contributed by atoms with E-state index in [2.05, 4.69) is 4.74 Å². The summed E-state index contributed by atoms with van der Waals surface area (Å²) in [5.41, 5.74) is -0.340. The minimum absolute atomic E-state index is 0.0577. The summed E-state index contributed by atoms with van der Waals surface area (Å²) in [6.45, 7) is 2.51. The minimum atomic E-state index is -4.80. The molecule has 0 aliphatic carbocycles. The smallest absolute Gasteiger partial charge is 0.493 e. The summed E-state index contributed by atoms with van der Waals surface area (Å²) >= 11 is 5.98. The van der Waals surface area contributed by atoms with Crippen molar-refractivity contribution in [3.8, 4) is 11.5 Å². The van der Waals surface area contributed by atoms with Gasteiger partial charge < -0.3 is 19.3 Å². The zero-order valence-corrected chi connectivity index (χ0v) is 21.2. The molecule has 0 bridgehead atoms. The number of piperidine rings is 2. The highest BCUT2D eigenvalue weighted by atomic mass is 35.5. The zero-order valence-electron chi connectivity index (χ0n) is 20.4. The number of carbonyl (C=O) groups excluding carboxylic acids is 2. The van der Waals surface area contributed by atoms with Crippen LogP contribution in [-0.4, -0.2) is 60.8 Å². The first kappa shape index (κ1) is 27.1. The van der Waals surface area contributed by atoms with Crippen LogP contribution in [0.3, 0.4) is 0 Å². The number of ether oxygens (including phenoxy) is 2. The Morgan fingerprint density at radius 1 is 0.865 bits per heavy atom. The van der Waals surface area contributed by atoms with Gasteiger partial charge in [0.05, 0.1) is 6.61 Å². The number of likely N-dealkylation sites (tertiary alicyclic amines) is 2. The molecule has 0 aromatic heterocycles. The van der Waals surface area contributed by atoms with E-state index in [-0.39, 0.29) is 36.2 Å². The summed E-state index contributed by atoms with van der Waals surface area (Å²) in [5, 5.41) is 0.587. The predicted molar refractivity (Wildman–Crippen MR) is 133 cm³/mol. The number of benzene rings is 2. The maximum Gasteiger partial charge on any atom is 0.573 e. The van der Waals surface area contributed by atoms with Crippen molar-refractivity contribution in [3.63, 3.8) is 0 Å². The summed E-state index contributed by atoms with van der Waals surface area (Å²) in [4.78, 5) is 30.1. The van der Waals surface area contributed by atoms with Crippen molar-refractivity contribution in [1.29, 1.82) is 0 Å². The maximum absolute atomic E-state index is 13.3. The first-order valence-corrected chi connectivity index (χ1v) is 12.8. The fourth-order valence-corrected chi connectivity index (χ4v) is 5.15. The van der Waals surface area contributed by atoms with Crippen LogP contribution >= 0.6 is 11.6 Å². The number of alkyl halides is 3. The van der Waals surface area contributed by atoms with Gasteiger partial charge in [-0.3, -0.25) is 9.59 Å². The number of amides is 2. The Kier molecular flexibility index (Phi) is 8.52. The molecule has 2 aromatic rings. The van der Waals surface area contributed by atoms with Crippen molar-refractivity contribution < 1.29 is 32.2 Å². The molecular formula is C27H30ClF3N2O4. The summed E-state index contributed by atoms with van der Waals surface area (Å²) in [6.07, 6.45) is -0.0761. The van der Waals surface area contributed by atoms with Crippen LogP contribution in [0, 0.1) is 5.41 Å². The highest BCUT2D eigenvalue weighted by Gasteiger charge is 2.41. The first-order chi connectivity index (χ1) is 17.6. The van der Waals surface area contributed by atoms with Crippen LogP contribution in [0.25, 0.3) is 0 Å². The van der Waals surface area contributed by atoms with E-state index >= 15 is 0 Å².